The molecule has 3 rings (SSSR count). The van der Waals surface area contributed by atoms with Gasteiger partial charge in [0, 0.05) is 23.9 Å². The maximum Gasteiger partial charge on any atom is 0.275 e. The van der Waals surface area contributed by atoms with E-state index in [9.17, 15) is 14.9 Å². The third kappa shape index (κ3) is 3.11. The van der Waals surface area contributed by atoms with Gasteiger partial charge in [0.2, 0.25) is 4.96 Å². The Balaban J connectivity index is 1.87. The van der Waals surface area contributed by atoms with Crippen LogP contribution in [0, 0.1) is 17.0 Å². The van der Waals surface area contributed by atoms with Gasteiger partial charge >= 0.3 is 0 Å². The third-order valence-corrected chi connectivity index (χ3v) is 4.59. The Kier molecular flexibility index (Phi) is 4.26. The van der Waals surface area contributed by atoms with E-state index in [1.807, 2.05) is 13.8 Å². The van der Waals surface area contributed by atoms with Gasteiger partial charge in [-0.25, -0.2) is 4.98 Å². The second-order valence-electron chi connectivity index (χ2n) is 5.24. The molecule has 8 nitrogen and oxygen atoms in total. The lowest BCUT2D eigenvalue weighted by Gasteiger charge is -2.08. The monoisotopic (exact) mass is 345 g/mol. The van der Waals surface area contributed by atoms with Crippen LogP contribution in [0.1, 0.15) is 23.2 Å². The van der Waals surface area contributed by atoms with Gasteiger partial charge in [0.1, 0.15) is 5.01 Å². The highest BCUT2D eigenvalue weighted by molar-refractivity contribution is 7.16. The minimum Gasteiger partial charge on any atom is -0.379 e. The minimum atomic E-state index is -0.440. The Morgan fingerprint density at radius 1 is 1.38 bits per heavy atom. The zero-order chi connectivity index (χ0) is 17.3. The summed E-state index contributed by atoms with van der Waals surface area (Å²) in [5, 5.41) is 19.0. The van der Waals surface area contributed by atoms with Crippen molar-refractivity contribution in [3.63, 3.8) is 0 Å². The van der Waals surface area contributed by atoms with Crippen molar-refractivity contribution in [1.82, 2.24) is 14.6 Å². The molecule has 1 aromatic carbocycles. The molecule has 0 amide bonds. The molecule has 9 heteroatoms. The van der Waals surface area contributed by atoms with Crippen LogP contribution < -0.4 is 10.9 Å². The molecule has 3 aromatic rings. The predicted molar refractivity (Wildman–Crippen MR) is 91.7 cm³/mol. The van der Waals surface area contributed by atoms with Crippen LogP contribution in [0.3, 0.4) is 0 Å². The van der Waals surface area contributed by atoms with Gasteiger partial charge in [-0.3, -0.25) is 14.9 Å². The SMILES string of the molecule is CCc1nn2c(=O)cc(CNc3cc([N+](=O)[O-])ccc3C)nc2s1. The fourth-order valence-corrected chi connectivity index (χ4v) is 3.09. The summed E-state index contributed by atoms with van der Waals surface area (Å²) in [5.41, 5.74) is 1.87. The number of benzene rings is 1. The summed E-state index contributed by atoms with van der Waals surface area (Å²) >= 11 is 1.38. The molecule has 0 bridgehead atoms. The largest absolute Gasteiger partial charge is 0.379 e. The molecular formula is C15H15N5O3S. The van der Waals surface area contributed by atoms with Crippen LogP contribution >= 0.6 is 11.3 Å². The maximum atomic E-state index is 12.1. The minimum absolute atomic E-state index is 0.0154. The van der Waals surface area contributed by atoms with E-state index in [1.54, 1.807) is 6.07 Å². The highest BCUT2D eigenvalue weighted by atomic mass is 32.1. The number of anilines is 1. The summed E-state index contributed by atoms with van der Waals surface area (Å²) in [6, 6.07) is 6.04. The van der Waals surface area contributed by atoms with Gasteiger partial charge < -0.3 is 5.32 Å². The standard InChI is InChI=1S/C15H15N5O3S/c1-3-13-18-19-14(21)6-10(17-15(19)24-13)8-16-12-7-11(20(22)23)5-4-9(12)2/h4-7,16H,3,8H2,1-2H3. The first kappa shape index (κ1) is 16.1. The van der Waals surface area contributed by atoms with E-state index >= 15 is 0 Å². The molecule has 0 aliphatic heterocycles. The van der Waals surface area contributed by atoms with Crippen LogP contribution in [-0.4, -0.2) is 19.5 Å². The number of non-ortho nitro benzene ring substituents is 1. The molecule has 0 saturated carbocycles. The number of nitrogens with zero attached hydrogens (tertiary/aromatic N) is 4. The smallest absolute Gasteiger partial charge is 0.275 e. The molecule has 2 aromatic heterocycles. The molecule has 0 spiro atoms. The van der Waals surface area contributed by atoms with Gasteiger partial charge in [-0.05, 0) is 18.9 Å². The number of nitrogens with one attached hydrogen (secondary N) is 1. The second-order valence-corrected chi connectivity index (χ2v) is 6.28. The lowest BCUT2D eigenvalue weighted by Crippen LogP contribution is -2.17. The molecule has 0 aliphatic rings. The molecule has 0 atom stereocenters. The molecule has 2 heterocycles. The molecule has 1 N–H and O–H groups in total. The summed E-state index contributed by atoms with van der Waals surface area (Å²) in [4.78, 5) is 27.5. The number of aryl methyl sites for hydroxylation is 2. The fourth-order valence-electron chi connectivity index (χ4n) is 2.23. The van der Waals surface area contributed by atoms with Gasteiger partial charge in [0.25, 0.3) is 11.2 Å². The van der Waals surface area contributed by atoms with E-state index in [0.717, 1.165) is 17.0 Å². The first-order chi connectivity index (χ1) is 11.5. The number of nitro benzene ring substituents is 1. The third-order valence-electron chi connectivity index (χ3n) is 3.53. The summed E-state index contributed by atoms with van der Waals surface area (Å²) in [5.74, 6) is 0. The van der Waals surface area contributed by atoms with Gasteiger partial charge in [-0.15, -0.1) is 0 Å². The first-order valence-corrected chi connectivity index (χ1v) is 8.17. The predicted octanol–water partition coefficient (Wildman–Crippen LogP) is 2.54. The van der Waals surface area contributed by atoms with Crippen molar-refractivity contribution in [3.8, 4) is 0 Å². The van der Waals surface area contributed by atoms with Crippen molar-refractivity contribution >= 4 is 27.7 Å². The molecule has 0 radical (unpaired) electrons. The van der Waals surface area contributed by atoms with Gasteiger partial charge in [0.05, 0.1) is 17.2 Å². The summed E-state index contributed by atoms with van der Waals surface area (Å²) in [7, 11) is 0. The molecule has 0 fully saturated rings. The van der Waals surface area contributed by atoms with Crippen LogP contribution in [0.5, 0.6) is 0 Å². The van der Waals surface area contributed by atoms with Crippen molar-refractivity contribution < 1.29 is 4.92 Å². The van der Waals surface area contributed by atoms with Crippen LogP contribution in [0.2, 0.25) is 0 Å². The number of aromatic nitrogens is 3. The van der Waals surface area contributed by atoms with Crippen molar-refractivity contribution in [2.75, 3.05) is 5.32 Å². The zero-order valence-electron chi connectivity index (χ0n) is 13.1. The first-order valence-electron chi connectivity index (χ1n) is 7.35. The quantitative estimate of drug-likeness (QED) is 0.563. The molecular weight excluding hydrogens is 330 g/mol. The Morgan fingerprint density at radius 3 is 2.88 bits per heavy atom. The molecule has 124 valence electrons. The highest BCUT2D eigenvalue weighted by Gasteiger charge is 2.11. The summed E-state index contributed by atoms with van der Waals surface area (Å²) in [6.07, 6.45) is 0.744. The van der Waals surface area contributed by atoms with Crippen molar-refractivity contribution in [1.29, 1.82) is 0 Å². The Labute approximate surface area is 140 Å². The Bertz CT molecular complexity index is 979. The average molecular weight is 345 g/mol. The van der Waals surface area contributed by atoms with Gasteiger partial charge in [-0.2, -0.15) is 9.61 Å². The van der Waals surface area contributed by atoms with E-state index in [-0.39, 0.29) is 11.2 Å². The molecule has 0 unspecified atom stereocenters. The molecule has 0 saturated heterocycles. The van der Waals surface area contributed by atoms with E-state index in [2.05, 4.69) is 15.4 Å². The van der Waals surface area contributed by atoms with E-state index < -0.39 is 4.92 Å². The lowest BCUT2D eigenvalue weighted by atomic mass is 10.2. The molecule has 0 aliphatic carbocycles. The van der Waals surface area contributed by atoms with E-state index in [4.69, 9.17) is 0 Å². The highest BCUT2D eigenvalue weighted by Crippen LogP contribution is 2.22. The van der Waals surface area contributed by atoms with E-state index in [1.165, 1.54) is 34.1 Å². The number of hydrogen-bond donors (Lipinski definition) is 1. The summed E-state index contributed by atoms with van der Waals surface area (Å²) in [6.45, 7) is 4.12. The number of hydrogen-bond acceptors (Lipinski definition) is 7. The summed E-state index contributed by atoms with van der Waals surface area (Å²) < 4.78 is 1.30. The topological polar surface area (TPSA) is 102 Å². The van der Waals surface area contributed by atoms with E-state index in [0.29, 0.717) is 22.9 Å². The Hall–Kier alpha value is -2.81. The van der Waals surface area contributed by atoms with Crippen molar-refractivity contribution in [3.05, 3.63) is 61.0 Å². The number of nitro groups is 1. The molecule has 24 heavy (non-hydrogen) atoms. The lowest BCUT2D eigenvalue weighted by molar-refractivity contribution is -0.384. The Morgan fingerprint density at radius 2 is 2.17 bits per heavy atom. The van der Waals surface area contributed by atoms with Crippen molar-refractivity contribution in [2.24, 2.45) is 0 Å². The van der Waals surface area contributed by atoms with Crippen LogP contribution in [0.4, 0.5) is 11.4 Å². The van der Waals surface area contributed by atoms with Crippen LogP contribution in [0.15, 0.2) is 29.1 Å². The van der Waals surface area contributed by atoms with Gasteiger partial charge in [-0.1, -0.05) is 24.3 Å². The van der Waals surface area contributed by atoms with Gasteiger partial charge in [0.15, 0.2) is 0 Å². The zero-order valence-corrected chi connectivity index (χ0v) is 14.0. The van der Waals surface area contributed by atoms with Crippen LogP contribution in [-0.2, 0) is 13.0 Å². The fraction of sp³-hybridized carbons (Fsp3) is 0.267. The second kappa shape index (κ2) is 6.36. The number of fused-ring (bicyclic) bond motifs is 1. The average Bonchev–Trinajstić information content (AvgIpc) is 2.97. The van der Waals surface area contributed by atoms with Crippen molar-refractivity contribution in [2.45, 2.75) is 26.8 Å². The maximum absolute atomic E-state index is 12.1. The number of rotatable bonds is 5. The van der Waals surface area contributed by atoms with Crippen LogP contribution in [0.25, 0.3) is 4.96 Å². The normalized spacial score (nSPS) is 10.9.